The van der Waals surface area contributed by atoms with Crippen LogP contribution < -0.4 is 16.2 Å². The highest BCUT2D eigenvalue weighted by Gasteiger charge is 2.03. The molecule has 0 aromatic carbocycles. The van der Waals surface area contributed by atoms with Crippen LogP contribution in [0.3, 0.4) is 0 Å². The van der Waals surface area contributed by atoms with Crippen LogP contribution in [0.4, 0.5) is 0 Å². The van der Waals surface area contributed by atoms with E-state index in [1.165, 1.54) is 0 Å². The SMILES string of the molecule is CCOCCC(=O)NNC(=S)NC(=O)CC. The third-order valence-corrected chi connectivity index (χ3v) is 1.77. The largest absolute Gasteiger partial charge is 0.381 e. The first-order chi connectivity index (χ1) is 7.60. The van der Waals surface area contributed by atoms with E-state index in [2.05, 4.69) is 16.2 Å². The van der Waals surface area contributed by atoms with Crippen LogP contribution in [-0.2, 0) is 14.3 Å². The molecule has 0 radical (unpaired) electrons. The van der Waals surface area contributed by atoms with Crippen molar-refractivity contribution in [1.82, 2.24) is 16.2 Å². The first-order valence-electron chi connectivity index (χ1n) is 5.06. The van der Waals surface area contributed by atoms with Crippen LogP contribution in [0.25, 0.3) is 0 Å². The Labute approximate surface area is 100 Å². The van der Waals surface area contributed by atoms with Crippen molar-refractivity contribution in [1.29, 1.82) is 0 Å². The van der Waals surface area contributed by atoms with Crippen LogP contribution in [-0.4, -0.2) is 30.1 Å². The van der Waals surface area contributed by atoms with Crippen LogP contribution >= 0.6 is 12.2 Å². The van der Waals surface area contributed by atoms with Crippen molar-refractivity contribution in [3.8, 4) is 0 Å². The van der Waals surface area contributed by atoms with Gasteiger partial charge in [-0.2, -0.15) is 0 Å². The Balaban J connectivity index is 3.59. The molecule has 6 nitrogen and oxygen atoms in total. The molecular weight excluding hydrogens is 230 g/mol. The van der Waals surface area contributed by atoms with Crippen molar-refractivity contribution in [2.24, 2.45) is 0 Å². The normalized spacial score (nSPS) is 9.38. The minimum absolute atomic E-state index is 0.0802. The molecule has 0 heterocycles. The number of carbonyl (C=O) groups excluding carboxylic acids is 2. The van der Waals surface area contributed by atoms with E-state index in [1.54, 1.807) is 6.92 Å². The summed E-state index contributed by atoms with van der Waals surface area (Å²) in [5.74, 6) is -0.456. The van der Waals surface area contributed by atoms with Crippen LogP contribution in [0, 0.1) is 0 Å². The maximum Gasteiger partial charge on any atom is 0.240 e. The molecule has 0 aliphatic heterocycles. The van der Waals surface area contributed by atoms with Gasteiger partial charge in [0.05, 0.1) is 13.0 Å². The Bertz CT molecular complexity index is 258. The van der Waals surface area contributed by atoms with Gasteiger partial charge < -0.3 is 10.1 Å². The molecule has 0 aromatic heterocycles. The summed E-state index contributed by atoms with van der Waals surface area (Å²) in [5.41, 5.74) is 4.76. The molecule has 92 valence electrons. The van der Waals surface area contributed by atoms with Gasteiger partial charge in [0.25, 0.3) is 0 Å². The molecule has 0 aliphatic carbocycles. The Morgan fingerprint density at radius 1 is 1.19 bits per heavy atom. The van der Waals surface area contributed by atoms with Crippen molar-refractivity contribution >= 4 is 29.1 Å². The van der Waals surface area contributed by atoms with Crippen molar-refractivity contribution in [2.45, 2.75) is 26.7 Å². The summed E-state index contributed by atoms with van der Waals surface area (Å²) in [6, 6.07) is 0. The fourth-order valence-corrected chi connectivity index (χ4v) is 0.909. The lowest BCUT2D eigenvalue weighted by atomic mass is 10.4. The van der Waals surface area contributed by atoms with E-state index in [1.807, 2.05) is 6.92 Å². The summed E-state index contributed by atoms with van der Waals surface area (Å²) < 4.78 is 5.00. The predicted molar refractivity (Wildman–Crippen MR) is 63.4 cm³/mol. The highest BCUT2D eigenvalue weighted by Crippen LogP contribution is 1.81. The van der Waals surface area contributed by atoms with Crippen molar-refractivity contribution < 1.29 is 14.3 Å². The summed E-state index contributed by atoms with van der Waals surface area (Å²) in [5, 5.41) is 2.47. The molecule has 0 saturated carbocycles. The number of carbonyl (C=O) groups is 2. The molecule has 0 rings (SSSR count). The van der Waals surface area contributed by atoms with Gasteiger partial charge in [-0.05, 0) is 19.1 Å². The molecule has 0 spiro atoms. The molecule has 16 heavy (non-hydrogen) atoms. The fraction of sp³-hybridized carbons (Fsp3) is 0.667. The Morgan fingerprint density at radius 3 is 2.44 bits per heavy atom. The van der Waals surface area contributed by atoms with Gasteiger partial charge >= 0.3 is 0 Å². The molecular formula is C9H17N3O3S. The van der Waals surface area contributed by atoms with Gasteiger partial charge in [0.1, 0.15) is 0 Å². The number of thiocarbonyl (C=S) groups is 1. The summed E-state index contributed by atoms with van der Waals surface area (Å²) in [7, 11) is 0. The van der Waals surface area contributed by atoms with Crippen molar-refractivity contribution in [2.75, 3.05) is 13.2 Å². The van der Waals surface area contributed by atoms with E-state index in [0.717, 1.165) is 0 Å². The Kier molecular flexibility index (Phi) is 8.36. The third-order valence-electron chi connectivity index (χ3n) is 1.57. The lowest BCUT2D eigenvalue weighted by Crippen LogP contribution is -2.48. The van der Waals surface area contributed by atoms with E-state index in [0.29, 0.717) is 19.6 Å². The van der Waals surface area contributed by atoms with Crippen LogP contribution in [0.2, 0.25) is 0 Å². The van der Waals surface area contributed by atoms with E-state index < -0.39 is 0 Å². The lowest BCUT2D eigenvalue weighted by molar-refractivity contribution is -0.123. The second kappa shape index (κ2) is 9.05. The van der Waals surface area contributed by atoms with E-state index in [4.69, 9.17) is 17.0 Å². The summed E-state index contributed by atoms with van der Waals surface area (Å²) in [6.07, 6.45) is 0.575. The van der Waals surface area contributed by atoms with Crippen LogP contribution in [0.1, 0.15) is 26.7 Å². The molecule has 0 aliphatic rings. The quantitative estimate of drug-likeness (QED) is 0.357. The fourth-order valence-electron chi connectivity index (χ4n) is 0.744. The standard InChI is InChI=1S/C9H17N3O3S/c1-3-7(13)10-9(16)12-11-8(14)5-6-15-4-2/h3-6H2,1-2H3,(H,11,14)(H2,10,12,13,16). The Morgan fingerprint density at radius 2 is 1.88 bits per heavy atom. The first kappa shape index (κ1) is 14.8. The third kappa shape index (κ3) is 8.13. The monoisotopic (exact) mass is 247 g/mol. The minimum Gasteiger partial charge on any atom is -0.381 e. The average molecular weight is 247 g/mol. The van der Waals surface area contributed by atoms with Crippen LogP contribution in [0.15, 0.2) is 0 Å². The zero-order valence-corrected chi connectivity index (χ0v) is 10.3. The predicted octanol–water partition coefficient (Wildman–Crippen LogP) is -0.155. The maximum atomic E-state index is 11.2. The number of nitrogens with one attached hydrogen (secondary N) is 3. The number of rotatable bonds is 5. The first-order valence-corrected chi connectivity index (χ1v) is 5.47. The van der Waals surface area contributed by atoms with Gasteiger partial charge in [0.15, 0.2) is 5.11 Å². The summed E-state index contributed by atoms with van der Waals surface area (Å²) in [6.45, 7) is 4.49. The number of ether oxygens (including phenoxy) is 1. The van der Waals surface area contributed by atoms with E-state index >= 15 is 0 Å². The number of amides is 2. The van der Waals surface area contributed by atoms with Gasteiger partial charge in [-0.25, -0.2) is 0 Å². The minimum atomic E-state index is -0.249. The number of hydrazine groups is 1. The second-order valence-electron chi connectivity index (χ2n) is 2.85. The molecule has 0 bridgehead atoms. The average Bonchev–Trinajstić information content (AvgIpc) is 2.26. The molecule has 2 amide bonds. The highest BCUT2D eigenvalue weighted by atomic mass is 32.1. The van der Waals surface area contributed by atoms with Gasteiger partial charge in [-0.15, -0.1) is 0 Å². The maximum absolute atomic E-state index is 11.2. The van der Waals surface area contributed by atoms with Gasteiger partial charge in [-0.3, -0.25) is 20.4 Å². The van der Waals surface area contributed by atoms with E-state index in [-0.39, 0.29) is 23.3 Å². The zero-order valence-electron chi connectivity index (χ0n) is 9.46. The van der Waals surface area contributed by atoms with Crippen molar-refractivity contribution in [3.05, 3.63) is 0 Å². The van der Waals surface area contributed by atoms with Gasteiger partial charge in [0.2, 0.25) is 11.8 Å². The van der Waals surface area contributed by atoms with Gasteiger partial charge in [0, 0.05) is 13.0 Å². The van der Waals surface area contributed by atoms with Crippen molar-refractivity contribution in [3.63, 3.8) is 0 Å². The topological polar surface area (TPSA) is 79.5 Å². The summed E-state index contributed by atoms with van der Waals surface area (Å²) >= 11 is 4.76. The second-order valence-corrected chi connectivity index (χ2v) is 3.26. The zero-order chi connectivity index (χ0) is 12.4. The molecule has 0 atom stereocenters. The molecule has 0 aromatic rings. The number of hydrogen-bond acceptors (Lipinski definition) is 4. The van der Waals surface area contributed by atoms with E-state index in [9.17, 15) is 9.59 Å². The smallest absolute Gasteiger partial charge is 0.240 e. The molecule has 0 fully saturated rings. The Hall–Kier alpha value is -1.21. The molecule has 3 N–H and O–H groups in total. The number of hydrogen-bond donors (Lipinski definition) is 3. The molecule has 0 unspecified atom stereocenters. The van der Waals surface area contributed by atoms with Crippen LogP contribution in [0.5, 0.6) is 0 Å². The molecule has 0 saturated heterocycles. The highest BCUT2D eigenvalue weighted by molar-refractivity contribution is 7.80. The lowest BCUT2D eigenvalue weighted by Gasteiger charge is -2.09. The summed E-state index contributed by atoms with van der Waals surface area (Å²) in [4.78, 5) is 22.1. The molecule has 7 heteroatoms. The van der Waals surface area contributed by atoms with Gasteiger partial charge in [-0.1, -0.05) is 6.92 Å².